The Kier molecular flexibility index (Phi) is 21.9. The molecule has 0 saturated carbocycles. The van der Waals surface area contributed by atoms with E-state index >= 15 is 0 Å². The van der Waals surface area contributed by atoms with Gasteiger partial charge in [0.15, 0.2) is 0 Å². The number of para-hydroxylation sites is 4. The van der Waals surface area contributed by atoms with Gasteiger partial charge in [-0.15, -0.1) is 0 Å². The molecule has 0 aliphatic heterocycles. The zero-order valence-electron chi connectivity index (χ0n) is 39.1. The van der Waals surface area contributed by atoms with Crippen molar-refractivity contribution in [1.29, 1.82) is 0 Å². The molecule has 10 aromatic rings. The zero-order chi connectivity index (χ0) is 48.5. The molecule has 2 heterocycles. The van der Waals surface area contributed by atoms with E-state index in [9.17, 15) is 20.4 Å². The second kappa shape index (κ2) is 29.0. The van der Waals surface area contributed by atoms with Crippen LogP contribution < -0.4 is 20.4 Å². The smallest absolute Gasteiger partial charge is 0.872 e. The standard InChI is InChI=1S/2C24H18O2.2C5H5N.C4H10O.Ti/c2*25-23-19(17-9-3-1-4-10-17)13-7-15-21(23)22-16-8-14-20(24(22)26)18-11-5-2-6-12-18;2*1-2-4-6-5-3-1;1-3-5-4-2;/h2*1-16,25-26H;2*1-5H;3-4H2,1-2H3;/q;;;;;+4/p-4. The van der Waals surface area contributed by atoms with Crippen LogP contribution in [0.25, 0.3) is 66.8 Å². The SMILES string of the molecule is CCOCC.[O-]c1c(-c2ccccc2)cccc1-c1cccc(-c2ccccc2)c1[O-].[O-]c1c(-c2ccccc2)cccc1-c1cccc(-c2ccccc2)c1[O-].[Ti+4].c1ccncc1.c1ccncc1. The average Bonchev–Trinajstić information content (AvgIpc) is 3.42. The van der Waals surface area contributed by atoms with Crippen molar-refractivity contribution in [2.45, 2.75) is 13.8 Å². The van der Waals surface area contributed by atoms with Crippen LogP contribution in [0.1, 0.15) is 13.8 Å². The number of ether oxygens (including phenoxy) is 1. The summed E-state index contributed by atoms with van der Waals surface area (Å²) < 4.78 is 4.83. The molecule has 8 aromatic carbocycles. The molecule has 10 rings (SSSR count). The predicted molar refractivity (Wildman–Crippen MR) is 274 cm³/mol. The zero-order valence-corrected chi connectivity index (χ0v) is 40.7. The van der Waals surface area contributed by atoms with E-state index in [1.165, 1.54) is 0 Å². The normalized spacial score (nSPS) is 9.86. The molecule has 0 aliphatic rings. The predicted octanol–water partition coefficient (Wildman–Crippen LogP) is 12.9. The fourth-order valence-electron chi connectivity index (χ4n) is 7.21. The average molecular weight is 953 g/mol. The summed E-state index contributed by atoms with van der Waals surface area (Å²) in [6.07, 6.45) is 7.00. The number of hydrogen-bond acceptors (Lipinski definition) is 7. The summed E-state index contributed by atoms with van der Waals surface area (Å²) in [7, 11) is 0. The maximum Gasteiger partial charge on any atom is 4.00 e. The van der Waals surface area contributed by atoms with Crippen LogP contribution in [-0.2, 0) is 26.5 Å². The van der Waals surface area contributed by atoms with E-state index < -0.39 is 0 Å². The molecule has 0 atom stereocenters. The molecule has 344 valence electrons. The molecule has 7 nitrogen and oxygen atoms in total. The van der Waals surface area contributed by atoms with E-state index in [4.69, 9.17) is 4.74 Å². The summed E-state index contributed by atoms with van der Waals surface area (Å²) in [5, 5.41) is 52.1. The second-order valence-electron chi connectivity index (χ2n) is 15.0. The third-order valence-electron chi connectivity index (χ3n) is 10.5. The van der Waals surface area contributed by atoms with Crippen molar-refractivity contribution < 1.29 is 46.9 Å². The van der Waals surface area contributed by atoms with Gasteiger partial charge in [0.25, 0.3) is 0 Å². The number of benzene rings is 8. The summed E-state index contributed by atoms with van der Waals surface area (Å²) in [6.45, 7) is 5.67. The fourth-order valence-corrected chi connectivity index (χ4v) is 7.21. The number of nitrogens with zero attached hydrogens (tertiary/aromatic N) is 2. The first-order chi connectivity index (χ1) is 33.9. The Bertz CT molecular complexity index is 2580. The monoisotopic (exact) mass is 952 g/mol. The Labute approximate surface area is 426 Å². The summed E-state index contributed by atoms with van der Waals surface area (Å²) in [6, 6.07) is 70.9. The van der Waals surface area contributed by atoms with Crippen LogP contribution >= 0.6 is 0 Å². The number of pyridine rings is 2. The summed E-state index contributed by atoms with van der Waals surface area (Å²) in [5.74, 6) is -0.496. The molecule has 0 N–H and O–H groups in total. The molecule has 0 spiro atoms. The van der Waals surface area contributed by atoms with Gasteiger partial charge >= 0.3 is 21.7 Å². The minimum atomic E-state index is -0.124. The van der Waals surface area contributed by atoms with Gasteiger partial charge < -0.3 is 25.2 Å². The van der Waals surface area contributed by atoms with E-state index in [1.54, 1.807) is 73.3 Å². The minimum absolute atomic E-state index is 0. The molecule has 70 heavy (non-hydrogen) atoms. The van der Waals surface area contributed by atoms with E-state index in [2.05, 4.69) is 9.97 Å². The maximum absolute atomic E-state index is 13.0. The summed E-state index contributed by atoms with van der Waals surface area (Å²) in [5.41, 5.74) is 7.58. The van der Waals surface area contributed by atoms with Crippen molar-refractivity contribution in [3.8, 4) is 89.8 Å². The van der Waals surface area contributed by atoms with Gasteiger partial charge in [0, 0.05) is 38.0 Å². The number of aromatic nitrogens is 2. The van der Waals surface area contributed by atoms with Crippen LogP contribution in [0.4, 0.5) is 0 Å². The Hall–Kier alpha value is -8.07. The topological polar surface area (TPSA) is 127 Å². The molecule has 0 amide bonds. The van der Waals surface area contributed by atoms with Gasteiger partial charge in [0.05, 0.1) is 0 Å². The Morgan fingerprint density at radius 1 is 0.271 bits per heavy atom. The van der Waals surface area contributed by atoms with Crippen LogP contribution in [0.5, 0.6) is 23.0 Å². The van der Waals surface area contributed by atoms with Crippen molar-refractivity contribution in [3.05, 3.63) is 255 Å². The van der Waals surface area contributed by atoms with E-state index in [0.29, 0.717) is 44.5 Å². The number of hydrogen-bond donors (Lipinski definition) is 0. The molecule has 2 aromatic heterocycles. The molecule has 0 aliphatic carbocycles. The van der Waals surface area contributed by atoms with Crippen LogP contribution in [0.2, 0.25) is 0 Å². The third kappa shape index (κ3) is 15.0. The van der Waals surface area contributed by atoms with Crippen molar-refractivity contribution in [3.63, 3.8) is 0 Å². The largest absolute Gasteiger partial charge is 4.00 e. The Morgan fingerprint density at radius 2 is 0.471 bits per heavy atom. The first kappa shape index (κ1) is 52.9. The molecule has 0 unspecified atom stereocenters. The van der Waals surface area contributed by atoms with Gasteiger partial charge in [-0.1, -0.05) is 229 Å². The van der Waals surface area contributed by atoms with Gasteiger partial charge in [-0.25, -0.2) is 0 Å². The molecule has 0 bridgehead atoms. The van der Waals surface area contributed by atoms with Crippen molar-refractivity contribution >= 4 is 0 Å². The third-order valence-corrected chi connectivity index (χ3v) is 10.5. The van der Waals surface area contributed by atoms with E-state index in [1.807, 2.05) is 196 Å². The van der Waals surface area contributed by atoms with Crippen LogP contribution in [0.15, 0.2) is 255 Å². The van der Waals surface area contributed by atoms with Crippen LogP contribution in [0, 0.1) is 0 Å². The molecule has 0 radical (unpaired) electrons. The molecular formula is C62H52N2O5Ti. The van der Waals surface area contributed by atoms with Gasteiger partial charge in [-0.2, -0.15) is 0 Å². The van der Waals surface area contributed by atoms with Crippen LogP contribution in [0.3, 0.4) is 0 Å². The quantitative estimate of drug-likeness (QED) is 0.139. The van der Waals surface area contributed by atoms with Gasteiger partial charge in [0.1, 0.15) is 0 Å². The van der Waals surface area contributed by atoms with E-state index in [0.717, 1.165) is 35.5 Å². The second-order valence-corrected chi connectivity index (χ2v) is 15.0. The van der Waals surface area contributed by atoms with Crippen molar-refractivity contribution in [2.75, 3.05) is 13.2 Å². The van der Waals surface area contributed by atoms with Gasteiger partial charge in [0.2, 0.25) is 0 Å². The fraction of sp³-hybridized carbons (Fsp3) is 0.0645. The molecule has 0 fully saturated rings. The van der Waals surface area contributed by atoms with E-state index in [-0.39, 0.29) is 44.7 Å². The first-order valence-corrected chi connectivity index (χ1v) is 22.6. The maximum atomic E-state index is 13.0. The number of rotatable bonds is 8. The Morgan fingerprint density at radius 3 is 0.629 bits per heavy atom. The van der Waals surface area contributed by atoms with Gasteiger partial charge in [-0.3, -0.25) is 9.97 Å². The first-order valence-electron chi connectivity index (χ1n) is 22.6. The van der Waals surface area contributed by atoms with Crippen molar-refractivity contribution in [2.24, 2.45) is 0 Å². The molecule has 0 saturated heterocycles. The van der Waals surface area contributed by atoms with Crippen molar-refractivity contribution in [1.82, 2.24) is 9.97 Å². The molecular weight excluding hydrogens is 901 g/mol. The van der Waals surface area contributed by atoms with Gasteiger partial charge in [-0.05, 0) is 105 Å². The molecule has 8 heteroatoms. The summed E-state index contributed by atoms with van der Waals surface area (Å²) in [4.78, 5) is 7.57. The minimum Gasteiger partial charge on any atom is -0.872 e. The van der Waals surface area contributed by atoms with Crippen LogP contribution in [-0.4, -0.2) is 23.2 Å². The Balaban J connectivity index is 0.000000193. The summed E-state index contributed by atoms with van der Waals surface area (Å²) >= 11 is 0.